The van der Waals surface area contributed by atoms with Crippen molar-refractivity contribution in [3.8, 4) is 28.7 Å². The lowest BCUT2D eigenvalue weighted by molar-refractivity contribution is -0.137. The molecular weight excluding hydrogens is 406 g/mol. The first-order valence-corrected chi connectivity index (χ1v) is 9.40. The van der Waals surface area contributed by atoms with E-state index >= 15 is 0 Å². The SMILES string of the molecule is COc1ccc(CCN(CC(=O)O)C(=O)c2cc(OC)c(OC)c(OC)c2)cc1OC. The van der Waals surface area contributed by atoms with E-state index in [9.17, 15) is 14.7 Å². The first kappa shape index (κ1) is 23.7. The number of carboxylic acids is 1. The number of benzene rings is 2. The van der Waals surface area contributed by atoms with Crippen molar-refractivity contribution in [2.75, 3.05) is 48.6 Å². The fourth-order valence-corrected chi connectivity index (χ4v) is 3.10. The van der Waals surface area contributed by atoms with Crippen LogP contribution in [0.1, 0.15) is 15.9 Å². The number of aliphatic carboxylic acids is 1. The van der Waals surface area contributed by atoms with Crippen molar-refractivity contribution in [1.29, 1.82) is 0 Å². The molecular formula is C22H27NO8. The third-order valence-corrected chi connectivity index (χ3v) is 4.64. The van der Waals surface area contributed by atoms with Crippen LogP contribution in [0.2, 0.25) is 0 Å². The highest BCUT2D eigenvalue weighted by Crippen LogP contribution is 2.38. The molecule has 168 valence electrons. The predicted molar refractivity (Wildman–Crippen MR) is 113 cm³/mol. The molecule has 1 amide bonds. The molecule has 0 aliphatic rings. The van der Waals surface area contributed by atoms with E-state index in [0.29, 0.717) is 35.2 Å². The normalized spacial score (nSPS) is 10.2. The van der Waals surface area contributed by atoms with E-state index in [1.165, 1.54) is 45.5 Å². The van der Waals surface area contributed by atoms with Gasteiger partial charge in [0.15, 0.2) is 23.0 Å². The summed E-state index contributed by atoms with van der Waals surface area (Å²) in [6, 6.07) is 8.38. The van der Waals surface area contributed by atoms with Crippen molar-refractivity contribution in [3.05, 3.63) is 41.5 Å². The molecule has 0 aliphatic heterocycles. The monoisotopic (exact) mass is 433 g/mol. The van der Waals surface area contributed by atoms with Crippen LogP contribution in [0.25, 0.3) is 0 Å². The van der Waals surface area contributed by atoms with Crippen molar-refractivity contribution < 1.29 is 38.4 Å². The zero-order valence-corrected chi connectivity index (χ0v) is 18.3. The number of ether oxygens (including phenoxy) is 5. The van der Waals surface area contributed by atoms with Crippen LogP contribution in [0.3, 0.4) is 0 Å². The molecule has 9 nitrogen and oxygen atoms in total. The Labute approximate surface area is 181 Å². The van der Waals surface area contributed by atoms with E-state index in [-0.39, 0.29) is 12.1 Å². The molecule has 2 rings (SSSR count). The molecule has 2 aromatic carbocycles. The second-order valence-corrected chi connectivity index (χ2v) is 6.47. The summed E-state index contributed by atoms with van der Waals surface area (Å²) in [7, 11) is 7.42. The minimum absolute atomic E-state index is 0.178. The van der Waals surface area contributed by atoms with Gasteiger partial charge in [-0.1, -0.05) is 6.07 Å². The van der Waals surface area contributed by atoms with Gasteiger partial charge in [0.05, 0.1) is 35.5 Å². The van der Waals surface area contributed by atoms with Crippen LogP contribution in [0.15, 0.2) is 30.3 Å². The van der Waals surface area contributed by atoms with E-state index in [1.807, 2.05) is 6.07 Å². The van der Waals surface area contributed by atoms with E-state index in [4.69, 9.17) is 23.7 Å². The highest BCUT2D eigenvalue weighted by atomic mass is 16.5. The van der Waals surface area contributed by atoms with Gasteiger partial charge in [-0.05, 0) is 36.2 Å². The first-order chi connectivity index (χ1) is 14.9. The quantitative estimate of drug-likeness (QED) is 0.577. The van der Waals surface area contributed by atoms with Gasteiger partial charge >= 0.3 is 5.97 Å². The Bertz CT molecular complexity index is 903. The lowest BCUT2D eigenvalue weighted by Crippen LogP contribution is -2.37. The average Bonchev–Trinajstić information content (AvgIpc) is 2.79. The maximum Gasteiger partial charge on any atom is 0.323 e. The summed E-state index contributed by atoms with van der Waals surface area (Å²) in [5, 5.41) is 9.31. The topological polar surface area (TPSA) is 104 Å². The summed E-state index contributed by atoms with van der Waals surface area (Å²) in [4.78, 5) is 25.8. The molecule has 1 N–H and O–H groups in total. The molecule has 9 heteroatoms. The fraction of sp³-hybridized carbons (Fsp3) is 0.364. The number of methoxy groups -OCH3 is 5. The van der Waals surface area contributed by atoms with E-state index in [0.717, 1.165) is 5.56 Å². The highest BCUT2D eigenvalue weighted by Gasteiger charge is 2.23. The summed E-state index contributed by atoms with van der Waals surface area (Å²) in [5.74, 6) is 0.510. The summed E-state index contributed by atoms with van der Waals surface area (Å²) in [6.07, 6.45) is 0.420. The molecule has 0 aliphatic carbocycles. The van der Waals surface area contributed by atoms with Crippen molar-refractivity contribution in [2.24, 2.45) is 0 Å². The Balaban J connectivity index is 2.30. The van der Waals surface area contributed by atoms with Crippen molar-refractivity contribution in [3.63, 3.8) is 0 Å². The van der Waals surface area contributed by atoms with E-state index < -0.39 is 18.4 Å². The van der Waals surface area contributed by atoms with E-state index in [1.54, 1.807) is 19.2 Å². The van der Waals surface area contributed by atoms with Crippen LogP contribution >= 0.6 is 0 Å². The van der Waals surface area contributed by atoms with Crippen LogP contribution in [0.5, 0.6) is 28.7 Å². The van der Waals surface area contributed by atoms with Crippen LogP contribution in [0, 0.1) is 0 Å². The molecule has 0 radical (unpaired) electrons. The lowest BCUT2D eigenvalue weighted by Gasteiger charge is -2.22. The Morgan fingerprint density at radius 3 is 1.87 bits per heavy atom. The molecule has 0 bridgehead atoms. The van der Waals surface area contributed by atoms with Crippen molar-refractivity contribution in [2.45, 2.75) is 6.42 Å². The molecule has 0 fully saturated rings. The van der Waals surface area contributed by atoms with Gasteiger partial charge < -0.3 is 33.7 Å². The third kappa shape index (κ3) is 5.71. The summed E-state index contributed by atoms with van der Waals surface area (Å²) < 4.78 is 26.4. The number of carboxylic acid groups (broad SMARTS) is 1. The summed E-state index contributed by atoms with van der Waals surface area (Å²) in [6.45, 7) is -0.278. The van der Waals surface area contributed by atoms with Crippen LogP contribution < -0.4 is 23.7 Å². The van der Waals surface area contributed by atoms with Crippen LogP contribution in [0.4, 0.5) is 0 Å². The molecule has 0 unspecified atom stereocenters. The molecule has 0 spiro atoms. The Hall–Kier alpha value is -3.62. The van der Waals surface area contributed by atoms with Gasteiger partial charge in [0.2, 0.25) is 5.75 Å². The number of hydrogen-bond acceptors (Lipinski definition) is 7. The molecule has 31 heavy (non-hydrogen) atoms. The molecule has 0 saturated carbocycles. The van der Waals surface area contributed by atoms with Gasteiger partial charge in [-0.15, -0.1) is 0 Å². The third-order valence-electron chi connectivity index (χ3n) is 4.64. The maximum absolute atomic E-state index is 13.1. The molecule has 2 aromatic rings. The maximum atomic E-state index is 13.1. The summed E-state index contributed by atoms with van der Waals surface area (Å²) >= 11 is 0. The number of rotatable bonds is 11. The zero-order chi connectivity index (χ0) is 23.0. The summed E-state index contributed by atoms with van der Waals surface area (Å²) in [5.41, 5.74) is 1.09. The largest absolute Gasteiger partial charge is 0.493 e. The number of carbonyl (C=O) groups excluding carboxylic acids is 1. The second kappa shape index (κ2) is 11.0. The fourth-order valence-electron chi connectivity index (χ4n) is 3.10. The number of nitrogens with zero attached hydrogens (tertiary/aromatic N) is 1. The van der Waals surface area contributed by atoms with Gasteiger partial charge in [0.25, 0.3) is 5.91 Å². The smallest absolute Gasteiger partial charge is 0.323 e. The van der Waals surface area contributed by atoms with Crippen molar-refractivity contribution in [1.82, 2.24) is 4.90 Å². The van der Waals surface area contributed by atoms with Gasteiger partial charge in [-0.3, -0.25) is 9.59 Å². The van der Waals surface area contributed by atoms with Crippen molar-refractivity contribution >= 4 is 11.9 Å². The number of carbonyl (C=O) groups is 2. The molecule has 0 atom stereocenters. The average molecular weight is 433 g/mol. The predicted octanol–water partition coefficient (Wildman–Crippen LogP) is 2.50. The minimum Gasteiger partial charge on any atom is -0.493 e. The highest BCUT2D eigenvalue weighted by molar-refractivity contribution is 5.97. The van der Waals surface area contributed by atoms with E-state index in [2.05, 4.69) is 0 Å². The molecule has 0 saturated heterocycles. The van der Waals surface area contributed by atoms with Gasteiger partial charge in [-0.25, -0.2) is 0 Å². The zero-order valence-electron chi connectivity index (χ0n) is 18.3. The van der Waals surface area contributed by atoms with Gasteiger partial charge in [0, 0.05) is 12.1 Å². The molecule has 0 aromatic heterocycles. The van der Waals surface area contributed by atoms with Crippen LogP contribution in [-0.4, -0.2) is 70.5 Å². The Morgan fingerprint density at radius 2 is 1.39 bits per heavy atom. The lowest BCUT2D eigenvalue weighted by atomic mass is 10.1. The van der Waals surface area contributed by atoms with Gasteiger partial charge in [-0.2, -0.15) is 0 Å². The minimum atomic E-state index is -1.12. The van der Waals surface area contributed by atoms with Gasteiger partial charge in [0.1, 0.15) is 6.54 Å². The number of amides is 1. The Morgan fingerprint density at radius 1 is 0.806 bits per heavy atom. The number of hydrogen-bond donors (Lipinski definition) is 1. The first-order valence-electron chi connectivity index (χ1n) is 9.40. The second-order valence-electron chi connectivity index (χ2n) is 6.47. The van der Waals surface area contributed by atoms with Crippen LogP contribution in [-0.2, 0) is 11.2 Å². The Kier molecular flexibility index (Phi) is 8.36. The molecule has 0 heterocycles. The standard InChI is InChI=1S/C22H27NO8/c1-27-16-7-6-14(10-17(16)28-2)8-9-23(13-20(24)25)22(26)15-11-18(29-3)21(31-5)19(12-15)30-4/h6-7,10-12H,8-9,13H2,1-5H3,(H,24,25).